The molecule has 1 saturated heterocycles. The number of aromatic nitrogens is 2. The molecule has 19 heavy (non-hydrogen) atoms. The molecule has 2 heterocycles. The summed E-state index contributed by atoms with van der Waals surface area (Å²) in [6.07, 6.45) is 5.65. The lowest BCUT2D eigenvalue weighted by molar-refractivity contribution is -0.107. The predicted octanol–water partition coefficient (Wildman–Crippen LogP) is 2.30. The van der Waals surface area contributed by atoms with Crippen LogP contribution in [0, 0.1) is 0 Å². The second-order valence-electron chi connectivity index (χ2n) is 4.97. The van der Waals surface area contributed by atoms with E-state index in [1.165, 1.54) is 5.56 Å². The number of morpholine rings is 1. The van der Waals surface area contributed by atoms with Crippen molar-refractivity contribution < 1.29 is 4.74 Å². The molecule has 0 amide bonds. The molecule has 2 aromatic rings. The Hall–Kier alpha value is -1.65. The molecule has 0 saturated carbocycles. The molecule has 0 spiro atoms. The van der Waals surface area contributed by atoms with Gasteiger partial charge in [-0.2, -0.15) is 0 Å². The van der Waals surface area contributed by atoms with Gasteiger partial charge in [-0.3, -0.25) is 4.90 Å². The quantitative estimate of drug-likeness (QED) is 0.845. The monoisotopic (exact) mass is 257 g/mol. The standard InChI is InChI=1S/C15H19N3O/c1-13-15(18-8-7-16-12-18)19-10-9-17(13)11-14-5-3-2-4-6-14/h2-8,12-13,15H,9-11H2,1H3/t13-,15?/m0/s1. The normalized spacial score (nSPS) is 24.5. The molecule has 1 aliphatic rings. The molecule has 0 radical (unpaired) electrons. The molecular formula is C15H19N3O. The van der Waals surface area contributed by atoms with Gasteiger partial charge in [-0.15, -0.1) is 0 Å². The second kappa shape index (κ2) is 5.55. The van der Waals surface area contributed by atoms with Crippen molar-refractivity contribution in [2.45, 2.75) is 25.7 Å². The summed E-state index contributed by atoms with van der Waals surface area (Å²) >= 11 is 0. The minimum atomic E-state index is 0.0555. The van der Waals surface area contributed by atoms with E-state index in [0.29, 0.717) is 6.04 Å². The largest absolute Gasteiger partial charge is 0.355 e. The van der Waals surface area contributed by atoms with E-state index in [1.54, 1.807) is 6.20 Å². The summed E-state index contributed by atoms with van der Waals surface area (Å²) in [6, 6.07) is 10.9. The van der Waals surface area contributed by atoms with E-state index in [2.05, 4.69) is 47.1 Å². The molecule has 0 bridgehead atoms. The maximum absolute atomic E-state index is 5.88. The van der Waals surface area contributed by atoms with Gasteiger partial charge in [0.15, 0.2) is 0 Å². The van der Waals surface area contributed by atoms with Crippen molar-refractivity contribution in [2.24, 2.45) is 0 Å². The molecule has 0 N–H and O–H groups in total. The van der Waals surface area contributed by atoms with Crippen LogP contribution in [0.1, 0.15) is 18.7 Å². The van der Waals surface area contributed by atoms with Gasteiger partial charge in [-0.1, -0.05) is 30.3 Å². The van der Waals surface area contributed by atoms with Gasteiger partial charge >= 0.3 is 0 Å². The molecule has 3 rings (SSSR count). The Morgan fingerprint density at radius 1 is 1.32 bits per heavy atom. The van der Waals surface area contributed by atoms with E-state index >= 15 is 0 Å². The molecule has 4 heteroatoms. The number of hydrogen-bond acceptors (Lipinski definition) is 3. The van der Waals surface area contributed by atoms with Crippen LogP contribution in [0.2, 0.25) is 0 Å². The summed E-state index contributed by atoms with van der Waals surface area (Å²) in [5.41, 5.74) is 1.35. The zero-order chi connectivity index (χ0) is 13.1. The summed E-state index contributed by atoms with van der Waals surface area (Å²) in [7, 11) is 0. The number of rotatable bonds is 3. The van der Waals surface area contributed by atoms with Crippen LogP contribution in [-0.2, 0) is 11.3 Å². The van der Waals surface area contributed by atoms with Crippen molar-refractivity contribution in [3.05, 3.63) is 54.6 Å². The first-order valence-corrected chi connectivity index (χ1v) is 6.71. The van der Waals surface area contributed by atoms with E-state index in [-0.39, 0.29) is 6.23 Å². The van der Waals surface area contributed by atoms with Crippen molar-refractivity contribution >= 4 is 0 Å². The van der Waals surface area contributed by atoms with Crippen molar-refractivity contribution in [3.8, 4) is 0 Å². The Morgan fingerprint density at radius 3 is 2.89 bits per heavy atom. The highest BCUT2D eigenvalue weighted by atomic mass is 16.5. The number of ether oxygens (including phenoxy) is 1. The highest BCUT2D eigenvalue weighted by molar-refractivity contribution is 5.14. The maximum atomic E-state index is 5.88. The Bertz CT molecular complexity index is 497. The Balaban J connectivity index is 1.72. The average Bonchev–Trinajstić information content (AvgIpc) is 2.96. The molecule has 1 aliphatic heterocycles. The van der Waals surface area contributed by atoms with Gasteiger partial charge < -0.3 is 9.30 Å². The maximum Gasteiger partial charge on any atom is 0.150 e. The van der Waals surface area contributed by atoms with Crippen LogP contribution >= 0.6 is 0 Å². The highest BCUT2D eigenvalue weighted by Gasteiger charge is 2.29. The minimum Gasteiger partial charge on any atom is -0.355 e. The van der Waals surface area contributed by atoms with E-state index in [0.717, 1.165) is 19.7 Å². The summed E-state index contributed by atoms with van der Waals surface area (Å²) < 4.78 is 7.93. The molecule has 100 valence electrons. The Labute approximate surface area is 113 Å². The molecule has 1 fully saturated rings. The van der Waals surface area contributed by atoms with Crippen LogP contribution in [0.3, 0.4) is 0 Å². The van der Waals surface area contributed by atoms with Crippen LogP contribution in [0.15, 0.2) is 49.1 Å². The molecule has 4 nitrogen and oxygen atoms in total. The molecule has 0 aliphatic carbocycles. The third kappa shape index (κ3) is 2.69. The third-order valence-corrected chi connectivity index (χ3v) is 3.70. The SMILES string of the molecule is C[C@H]1C(n2ccnc2)OCCN1Cc1ccccc1. The second-order valence-corrected chi connectivity index (χ2v) is 4.97. The van der Waals surface area contributed by atoms with Crippen LogP contribution in [-0.4, -0.2) is 33.6 Å². The van der Waals surface area contributed by atoms with Gasteiger partial charge in [0.2, 0.25) is 0 Å². The predicted molar refractivity (Wildman–Crippen MR) is 73.5 cm³/mol. The van der Waals surface area contributed by atoms with Crippen LogP contribution < -0.4 is 0 Å². The van der Waals surface area contributed by atoms with E-state index < -0.39 is 0 Å². The zero-order valence-electron chi connectivity index (χ0n) is 11.1. The van der Waals surface area contributed by atoms with E-state index in [9.17, 15) is 0 Å². The van der Waals surface area contributed by atoms with Gasteiger partial charge in [-0.05, 0) is 12.5 Å². The Kier molecular flexibility index (Phi) is 3.62. The zero-order valence-corrected chi connectivity index (χ0v) is 11.1. The van der Waals surface area contributed by atoms with Gasteiger partial charge in [0.25, 0.3) is 0 Å². The van der Waals surface area contributed by atoms with Crippen LogP contribution in [0.25, 0.3) is 0 Å². The number of benzene rings is 1. The first kappa shape index (κ1) is 12.4. The summed E-state index contributed by atoms with van der Waals surface area (Å²) in [5.74, 6) is 0. The molecular weight excluding hydrogens is 238 g/mol. The Morgan fingerprint density at radius 2 is 2.16 bits per heavy atom. The third-order valence-electron chi connectivity index (χ3n) is 3.70. The van der Waals surface area contributed by atoms with Crippen molar-refractivity contribution in [3.63, 3.8) is 0 Å². The molecule has 1 aromatic heterocycles. The lowest BCUT2D eigenvalue weighted by atomic mass is 10.1. The number of hydrogen-bond donors (Lipinski definition) is 0. The minimum absolute atomic E-state index is 0.0555. The van der Waals surface area contributed by atoms with Crippen molar-refractivity contribution in [1.82, 2.24) is 14.5 Å². The summed E-state index contributed by atoms with van der Waals surface area (Å²) in [5, 5.41) is 0. The van der Waals surface area contributed by atoms with E-state index in [4.69, 9.17) is 4.74 Å². The molecule has 1 unspecified atom stereocenters. The fourth-order valence-corrected chi connectivity index (χ4v) is 2.61. The molecule has 2 atom stereocenters. The van der Waals surface area contributed by atoms with Crippen molar-refractivity contribution in [2.75, 3.05) is 13.2 Å². The van der Waals surface area contributed by atoms with Crippen molar-refractivity contribution in [1.29, 1.82) is 0 Å². The fourth-order valence-electron chi connectivity index (χ4n) is 2.61. The number of nitrogens with zero attached hydrogens (tertiary/aromatic N) is 3. The van der Waals surface area contributed by atoms with Gasteiger partial charge in [0.1, 0.15) is 6.23 Å². The molecule has 1 aromatic carbocycles. The van der Waals surface area contributed by atoms with Crippen LogP contribution in [0.5, 0.6) is 0 Å². The topological polar surface area (TPSA) is 30.3 Å². The smallest absolute Gasteiger partial charge is 0.150 e. The average molecular weight is 257 g/mol. The van der Waals surface area contributed by atoms with Gasteiger partial charge in [0, 0.05) is 25.5 Å². The number of imidazole rings is 1. The first-order valence-electron chi connectivity index (χ1n) is 6.71. The van der Waals surface area contributed by atoms with E-state index in [1.807, 2.05) is 17.1 Å². The summed E-state index contributed by atoms with van der Waals surface area (Å²) in [6.45, 7) is 4.92. The van der Waals surface area contributed by atoms with Crippen LogP contribution in [0.4, 0.5) is 0 Å². The van der Waals surface area contributed by atoms with Gasteiger partial charge in [-0.25, -0.2) is 4.98 Å². The first-order chi connectivity index (χ1) is 9.34. The lowest BCUT2D eigenvalue weighted by Gasteiger charge is -2.39. The highest BCUT2D eigenvalue weighted by Crippen LogP contribution is 2.24. The lowest BCUT2D eigenvalue weighted by Crippen LogP contribution is -2.46. The van der Waals surface area contributed by atoms with Gasteiger partial charge in [0.05, 0.1) is 19.0 Å². The summed E-state index contributed by atoms with van der Waals surface area (Å²) in [4.78, 5) is 6.57. The fraction of sp³-hybridized carbons (Fsp3) is 0.400.